The summed E-state index contributed by atoms with van der Waals surface area (Å²) in [5, 5.41) is 11.2. The SMILES string of the molecule is N#Cc1cccnc1N1CCN(C(=O)c2cccc(S(=O)(=O)NCc3cccs3)c2)CC1. The van der Waals surface area contributed by atoms with Crippen molar-refractivity contribution in [3.05, 3.63) is 76.1 Å². The zero-order chi connectivity index (χ0) is 22.6. The molecule has 1 aromatic carbocycles. The van der Waals surface area contributed by atoms with Crippen LogP contribution in [-0.2, 0) is 16.6 Å². The maximum Gasteiger partial charge on any atom is 0.254 e. The minimum absolute atomic E-state index is 0.0608. The second-order valence-corrected chi connectivity index (χ2v) is 10.00. The first kappa shape index (κ1) is 22.0. The summed E-state index contributed by atoms with van der Waals surface area (Å²) in [7, 11) is -3.74. The zero-order valence-corrected chi connectivity index (χ0v) is 18.8. The van der Waals surface area contributed by atoms with Crippen LogP contribution in [-0.4, -0.2) is 50.4 Å². The van der Waals surface area contributed by atoms with E-state index in [1.54, 1.807) is 35.4 Å². The molecule has 1 fully saturated rings. The van der Waals surface area contributed by atoms with E-state index >= 15 is 0 Å². The van der Waals surface area contributed by atoms with Gasteiger partial charge in [-0.3, -0.25) is 4.79 Å². The van der Waals surface area contributed by atoms with E-state index in [1.807, 2.05) is 22.4 Å². The Morgan fingerprint density at radius 2 is 1.94 bits per heavy atom. The summed E-state index contributed by atoms with van der Waals surface area (Å²) in [6.45, 7) is 2.19. The highest BCUT2D eigenvalue weighted by Crippen LogP contribution is 2.20. The van der Waals surface area contributed by atoms with Crippen LogP contribution in [0.15, 0.2) is 65.0 Å². The number of sulfonamides is 1. The number of anilines is 1. The molecule has 0 radical (unpaired) electrons. The fourth-order valence-electron chi connectivity index (χ4n) is 3.50. The highest BCUT2D eigenvalue weighted by Gasteiger charge is 2.25. The van der Waals surface area contributed by atoms with E-state index in [1.165, 1.54) is 23.5 Å². The van der Waals surface area contributed by atoms with Crippen LogP contribution in [0.3, 0.4) is 0 Å². The number of carbonyl (C=O) groups excluding carboxylic acids is 1. The molecule has 1 saturated heterocycles. The molecule has 0 unspecified atom stereocenters. The summed E-state index contributed by atoms with van der Waals surface area (Å²) in [6, 6.07) is 15.4. The Labute approximate surface area is 190 Å². The molecule has 1 amide bonds. The monoisotopic (exact) mass is 467 g/mol. The van der Waals surface area contributed by atoms with Gasteiger partial charge >= 0.3 is 0 Å². The van der Waals surface area contributed by atoms with Crippen LogP contribution in [0.2, 0.25) is 0 Å². The van der Waals surface area contributed by atoms with Gasteiger partial charge in [0.2, 0.25) is 10.0 Å². The number of piperazine rings is 1. The van der Waals surface area contributed by atoms with Gasteiger partial charge in [-0.2, -0.15) is 5.26 Å². The van der Waals surface area contributed by atoms with Gasteiger partial charge in [-0.25, -0.2) is 18.1 Å². The standard InChI is InChI=1S/C22H21N5O3S2/c23-15-18-5-2-8-24-21(18)26-9-11-27(12-10-26)22(28)17-4-1-7-20(14-17)32(29,30)25-16-19-6-3-13-31-19/h1-8,13-14,25H,9-12,16H2. The number of thiophene rings is 1. The molecule has 3 aromatic rings. The molecule has 0 spiro atoms. The maximum atomic E-state index is 13.0. The number of nitrogens with one attached hydrogen (secondary N) is 1. The van der Waals surface area contributed by atoms with Gasteiger partial charge in [0, 0.05) is 49.4 Å². The summed E-state index contributed by atoms with van der Waals surface area (Å²) in [4.78, 5) is 22.0. The molecule has 1 N–H and O–H groups in total. The zero-order valence-electron chi connectivity index (χ0n) is 17.1. The Hall–Kier alpha value is -3.26. The molecule has 1 aliphatic heterocycles. The van der Waals surface area contributed by atoms with Crippen molar-refractivity contribution in [2.24, 2.45) is 0 Å². The lowest BCUT2D eigenvalue weighted by Crippen LogP contribution is -2.49. The van der Waals surface area contributed by atoms with Crippen LogP contribution in [0, 0.1) is 11.3 Å². The van der Waals surface area contributed by atoms with Crippen molar-refractivity contribution in [1.29, 1.82) is 5.26 Å². The van der Waals surface area contributed by atoms with Gasteiger partial charge < -0.3 is 9.80 Å². The van der Waals surface area contributed by atoms with Crippen LogP contribution < -0.4 is 9.62 Å². The molecule has 164 valence electrons. The Balaban J connectivity index is 1.42. The molecule has 4 rings (SSSR count). The predicted molar refractivity (Wildman–Crippen MR) is 122 cm³/mol. The number of benzene rings is 1. The van der Waals surface area contributed by atoms with Crippen LogP contribution >= 0.6 is 11.3 Å². The number of nitrogens with zero attached hydrogens (tertiary/aromatic N) is 4. The fraction of sp³-hybridized carbons (Fsp3) is 0.227. The van der Waals surface area contributed by atoms with Crippen molar-refractivity contribution in [2.45, 2.75) is 11.4 Å². The predicted octanol–water partition coefficient (Wildman–Crippen LogP) is 2.46. The van der Waals surface area contributed by atoms with Crippen molar-refractivity contribution in [3.8, 4) is 6.07 Å². The molecule has 10 heteroatoms. The molecular weight excluding hydrogens is 446 g/mol. The third-order valence-corrected chi connectivity index (χ3v) is 7.46. The number of hydrogen-bond acceptors (Lipinski definition) is 7. The van der Waals surface area contributed by atoms with Gasteiger partial charge in [0.15, 0.2) is 0 Å². The van der Waals surface area contributed by atoms with Gasteiger partial charge in [-0.05, 0) is 41.8 Å². The number of rotatable bonds is 6. The summed E-state index contributed by atoms with van der Waals surface area (Å²) >= 11 is 1.47. The van der Waals surface area contributed by atoms with E-state index in [-0.39, 0.29) is 17.3 Å². The van der Waals surface area contributed by atoms with Gasteiger partial charge in [0.25, 0.3) is 5.91 Å². The van der Waals surface area contributed by atoms with Crippen molar-refractivity contribution < 1.29 is 13.2 Å². The molecular formula is C22H21N5O3S2. The van der Waals surface area contributed by atoms with Gasteiger partial charge in [-0.15, -0.1) is 11.3 Å². The number of pyridine rings is 1. The highest BCUT2D eigenvalue weighted by molar-refractivity contribution is 7.89. The summed E-state index contributed by atoms with van der Waals surface area (Å²) in [6.07, 6.45) is 1.64. The van der Waals surface area contributed by atoms with Crippen molar-refractivity contribution in [1.82, 2.24) is 14.6 Å². The van der Waals surface area contributed by atoms with E-state index in [2.05, 4.69) is 15.8 Å². The number of amides is 1. The Morgan fingerprint density at radius 1 is 1.12 bits per heavy atom. The summed E-state index contributed by atoms with van der Waals surface area (Å²) in [5.74, 6) is 0.397. The minimum atomic E-state index is -3.74. The van der Waals surface area contributed by atoms with E-state index in [4.69, 9.17) is 0 Å². The van der Waals surface area contributed by atoms with Gasteiger partial charge in [0.1, 0.15) is 11.9 Å². The molecule has 3 heterocycles. The third kappa shape index (κ3) is 4.80. The normalized spacial score (nSPS) is 14.2. The van der Waals surface area contributed by atoms with Crippen molar-refractivity contribution in [3.63, 3.8) is 0 Å². The Bertz CT molecular complexity index is 1240. The molecule has 1 aliphatic rings. The lowest BCUT2D eigenvalue weighted by Gasteiger charge is -2.35. The highest BCUT2D eigenvalue weighted by atomic mass is 32.2. The lowest BCUT2D eigenvalue weighted by molar-refractivity contribution is 0.0746. The average molecular weight is 468 g/mol. The number of carbonyl (C=O) groups is 1. The first-order valence-corrected chi connectivity index (χ1v) is 12.4. The second kappa shape index (κ2) is 9.48. The number of aromatic nitrogens is 1. The van der Waals surface area contributed by atoms with Crippen molar-refractivity contribution in [2.75, 3.05) is 31.1 Å². The van der Waals surface area contributed by atoms with Crippen molar-refractivity contribution >= 4 is 33.1 Å². The largest absolute Gasteiger partial charge is 0.352 e. The average Bonchev–Trinajstić information content (AvgIpc) is 3.36. The van der Waals surface area contributed by atoms with E-state index in [0.29, 0.717) is 43.1 Å². The van der Waals surface area contributed by atoms with E-state index < -0.39 is 10.0 Å². The lowest BCUT2D eigenvalue weighted by atomic mass is 10.1. The quantitative estimate of drug-likeness (QED) is 0.597. The first-order valence-electron chi connectivity index (χ1n) is 9.99. The number of hydrogen-bond donors (Lipinski definition) is 1. The van der Waals surface area contributed by atoms with Gasteiger partial charge in [-0.1, -0.05) is 12.1 Å². The summed E-state index contributed by atoms with van der Waals surface area (Å²) in [5.41, 5.74) is 0.827. The van der Waals surface area contributed by atoms with E-state index in [9.17, 15) is 18.5 Å². The molecule has 2 aromatic heterocycles. The Kier molecular flexibility index (Phi) is 6.50. The topological polar surface area (TPSA) is 106 Å². The third-order valence-electron chi connectivity index (χ3n) is 5.18. The molecule has 0 atom stereocenters. The van der Waals surface area contributed by atoms with Crippen LogP contribution in [0.1, 0.15) is 20.8 Å². The fourth-order valence-corrected chi connectivity index (χ4v) is 5.29. The number of nitriles is 1. The minimum Gasteiger partial charge on any atom is -0.352 e. The van der Waals surface area contributed by atoms with Gasteiger partial charge in [0.05, 0.1) is 10.5 Å². The maximum absolute atomic E-state index is 13.0. The smallest absolute Gasteiger partial charge is 0.254 e. The van der Waals surface area contributed by atoms with Crippen LogP contribution in [0.25, 0.3) is 0 Å². The van der Waals surface area contributed by atoms with Crippen LogP contribution in [0.4, 0.5) is 5.82 Å². The van der Waals surface area contributed by atoms with Crippen LogP contribution in [0.5, 0.6) is 0 Å². The second-order valence-electron chi connectivity index (χ2n) is 7.20. The molecule has 32 heavy (non-hydrogen) atoms. The summed E-state index contributed by atoms with van der Waals surface area (Å²) < 4.78 is 27.9. The van der Waals surface area contributed by atoms with E-state index in [0.717, 1.165) is 4.88 Å². The molecule has 0 bridgehead atoms. The first-order chi connectivity index (χ1) is 15.5. The molecule has 0 saturated carbocycles. The molecule has 8 nitrogen and oxygen atoms in total. The Morgan fingerprint density at radius 3 is 2.66 bits per heavy atom. The molecule has 0 aliphatic carbocycles.